The Morgan fingerprint density at radius 3 is 2.32 bits per heavy atom. The van der Waals surface area contributed by atoms with Crippen LogP contribution in [0.2, 0.25) is 0 Å². The molecule has 0 saturated carbocycles. The van der Waals surface area contributed by atoms with Crippen LogP contribution in [0.25, 0.3) is 6.08 Å². The second-order valence-corrected chi connectivity index (χ2v) is 8.74. The summed E-state index contributed by atoms with van der Waals surface area (Å²) >= 11 is 0. The molecule has 2 aromatic rings. The first-order chi connectivity index (χ1) is 13.4. The first-order valence-electron chi connectivity index (χ1n) is 9.02. The van der Waals surface area contributed by atoms with Crippen molar-refractivity contribution in [3.8, 4) is 0 Å². The first kappa shape index (κ1) is 20.0. The van der Waals surface area contributed by atoms with Crippen molar-refractivity contribution < 1.29 is 13.3 Å². The lowest BCUT2D eigenvalue weighted by molar-refractivity contribution is -0.387. The predicted molar refractivity (Wildman–Crippen MR) is 110 cm³/mol. The number of piperazine rings is 1. The van der Waals surface area contributed by atoms with E-state index in [0.717, 1.165) is 31.5 Å². The molecule has 28 heavy (non-hydrogen) atoms. The highest BCUT2D eigenvalue weighted by molar-refractivity contribution is 7.90. The molecule has 0 spiro atoms. The van der Waals surface area contributed by atoms with E-state index < -0.39 is 14.8 Å². The van der Waals surface area contributed by atoms with E-state index in [1.807, 2.05) is 35.2 Å². The Bertz CT molecular complexity index is 966. The minimum atomic E-state index is -3.68. The second kappa shape index (κ2) is 8.53. The van der Waals surface area contributed by atoms with E-state index in [1.54, 1.807) is 12.1 Å². The van der Waals surface area contributed by atoms with Gasteiger partial charge in [-0.15, -0.1) is 0 Å². The van der Waals surface area contributed by atoms with Gasteiger partial charge in [-0.2, -0.15) is 0 Å². The van der Waals surface area contributed by atoms with Crippen molar-refractivity contribution in [3.63, 3.8) is 0 Å². The first-order valence-corrected chi connectivity index (χ1v) is 10.9. The van der Waals surface area contributed by atoms with E-state index >= 15 is 0 Å². The van der Waals surface area contributed by atoms with E-state index in [2.05, 4.69) is 17.1 Å². The van der Waals surface area contributed by atoms with Crippen molar-refractivity contribution >= 4 is 27.3 Å². The summed E-state index contributed by atoms with van der Waals surface area (Å²) in [5.41, 5.74) is 1.18. The highest BCUT2D eigenvalue weighted by Gasteiger charge is 2.30. The number of hydrogen-bond acceptors (Lipinski definition) is 6. The fourth-order valence-electron chi connectivity index (χ4n) is 3.32. The van der Waals surface area contributed by atoms with Crippen molar-refractivity contribution in [2.75, 3.05) is 43.9 Å². The zero-order chi connectivity index (χ0) is 20.1. The minimum Gasteiger partial charge on any atom is -0.363 e. The van der Waals surface area contributed by atoms with Gasteiger partial charge >= 0.3 is 5.69 Å². The number of para-hydroxylation sites is 1. The van der Waals surface area contributed by atoms with E-state index in [0.29, 0.717) is 18.8 Å². The lowest BCUT2D eigenvalue weighted by atomic mass is 10.2. The minimum absolute atomic E-state index is 0.233. The molecule has 1 heterocycles. The zero-order valence-electron chi connectivity index (χ0n) is 15.7. The number of sulfone groups is 1. The summed E-state index contributed by atoms with van der Waals surface area (Å²) < 4.78 is 23.9. The van der Waals surface area contributed by atoms with E-state index in [4.69, 9.17) is 0 Å². The van der Waals surface area contributed by atoms with Crippen LogP contribution in [0.5, 0.6) is 0 Å². The molecule has 1 aliphatic heterocycles. The normalized spacial score (nSPS) is 15.8. The smallest absolute Gasteiger partial charge is 0.311 e. The molecule has 0 aromatic heterocycles. The molecule has 0 N–H and O–H groups in total. The quantitative estimate of drug-likeness (QED) is 0.547. The molecule has 1 saturated heterocycles. The molecule has 3 rings (SSSR count). The fraction of sp³-hybridized carbons (Fsp3) is 0.300. The van der Waals surface area contributed by atoms with Crippen molar-refractivity contribution in [1.82, 2.24) is 4.90 Å². The Balaban J connectivity index is 1.68. The van der Waals surface area contributed by atoms with E-state index in [9.17, 15) is 18.5 Å². The maximum Gasteiger partial charge on any atom is 0.311 e. The average molecular weight is 401 g/mol. The van der Waals surface area contributed by atoms with Gasteiger partial charge in [0.05, 0.1) is 4.92 Å². The molecule has 1 fully saturated rings. The number of nitro benzene ring substituents is 1. The molecule has 0 bridgehead atoms. The van der Waals surface area contributed by atoms with Gasteiger partial charge in [0.15, 0.2) is 9.84 Å². The van der Waals surface area contributed by atoms with Gasteiger partial charge in [-0.1, -0.05) is 48.6 Å². The third kappa shape index (κ3) is 4.76. The molecule has 2 aromatic carbocycles. The van der Waals surface area contributed by atoms with Crippen LogP contribution in [0.4, 0.5) is 11.4 Å². The van der Waals surface area contributed by atoms with Gasteiger partial charge in [-0.05, 0) is 17.7 Å². The Labute approximate surface area is 165 Å². The van der Waals surface area contributed by atoms with E-state index in [1.165, 1.54) is 6.07 Å². The maximum atomic E-state index is 11.9. The van der Waals surface area contributed by atoms with Crippen LogP contribution in [0.3, 0.4) is 0 Å². The highest BCUT2D eigenvalue weighted by atomic mass is 32.2. The maximum absolute atomic E-state index is 11.9. The topological polar surface area (TPSA) is 83.8 Å². The zero-order valence-corrected chi connectivity index (χ0v) is 16.5. The molecule has 0 radical (unpaired) electrons. The standard InChI is InChI=1S/C20H23N3O4S/c1-28(26,27)19-11-5-10-18(20(19)23(24)25)22-15-13-21(14-16-22)12-6-9-17-7-3-2-4-8-17/h2-11H,12-16H2,1H3/b9-6+. The van der Waals surface area contributed by atoms with Crippen molar-refractivity contribution in [3.05, 3.63) is 70.3 Å². The van der Waals surface area contributed by atoms with Gasteiger partial charge in [-0.3, -0.25) is 15.0 Å². The van der Waals surface area contributed by atoms with Crippen LogP contribution in [-0.2, 0) is 9.84 Å². The molecule has 0 unspecified atom stereocenters. The molecule has 1 aliphatic rings. The summed E-state index contributed by atoms with van der Waals surface area (Å²) in [6.07, 6.45) is 5.18. The molecule has 7 nitrogen and oxygen atoms in total. The summed E-state index contributed by atoms with van der Waals surface area (Å²) in [6, 6.07) is 14.5. The number of hydrogen-bond donors (Lipinski definition) is 0. The van der Waals surface area contributed by atoms with Gasteiger partial charge in [0.25, 0.3) is 0 Å². The van der Waals surface area contributed by atoms with Crippen LogP contribution in [0.1, 0.15) is 5.56 Å². The average Bonchev–Trinajstić information content (AvgIpc) is 2.68. The number of benzene rings is 2. The highest BCUT2D eigenvalue weighted by Crippen LogP contribution is 2.35. The van der Waals surface area contributed by atoms with Crippen molar-refractivity contribution in [2.24, 2.45) is 0 Å². The number of rotatable bonds is 6. The molecule has 8 heteroatoms. The van der Waals surface area contributed by atoms with Crippen molar-refractivity contribution in [2.45, 2.75) is 4.90 Å². The van der Waals surface area contributed by atoms with Crippen LogP contribution in [0, 0.1) is 10.1 Å². The monoisotopic (exact) mass is 401 g/mol. The van der Waals surface area contributed by atoms with Crippen LogP contribution in [-0.4, -0.2) is 57.2 Å². The van der Waals surface area contributed by atoms with Gasteiger partial charge in [0, 0.05) is 39.0 Å². The van der Waals surface area contributed by atoms with Crippen LogP contribution < -0.4 is 4.90 Å². The Morgan fingerprint density at radius 1 is 1.04 bits per heavy atom. The lowest BCUT2D eigenvalue weighted by Crippen LogP contribution is -2.46. The summed E-state index contributed by atoms with van der Waals surface area (Å²) in [7, 11) is -3.68. The van der Waals surface area contributed by atoms with Crippen LogP contribution >= 0.6 is 0 Å². The Hall–Kier alpha value is -2.71. The van der Waals surface area contributed by atoms with Crippen LogP contribution in [0.15, 0.2) is 59.5 Å². The third-order valence-electron chi connectivity index (χ3n) is 4.75. The summed E-state index contributed by atoms with van der Waals surface area (Å²) in [4.78, 5) is 14.9. The number of nitro groups is 1. The lowest BCUT2D eigenvalue weighted by Gasteiger charge is -2.35. The third-order valence-corrected chi connectivity index (χ3v) is 5.87. The molecular formula is C20H23N3O4S. The van der Waals surface area contributed by atoms with Gasteiger partial charge in [0.2, 0.25) is 0 Å². The fourth-order valence-corrected chi connectivity index (χ4v) is 4.18. The SMILES string of the molecule is CS(=O)(=O)c1cccc(N2CCN(C/C=C/c3ccccc3)CC2)c1[N+](=O)[O-]. The molecule has 148 valence electrons. The summed E-state index contributed by atoms with van der Waals surface area (Å²) in [6.45, 7) is 3.51. The molecule has 0 amide bonds. The Morgan fingerprint density at radius 2 is 1.71 bits per heavy atom. The summed E-state index contributed by atoms with van der Waals surface area (Å²) in [5.74, 6) is 0. The number of nitrogens with zero attached hydrogens (tertiary/aromatic N) is 3. The van der Waals surface area contributed by atoms with Gasteiger partial charge in [0.1, 0.15) is 10.6 Å². The van der Waals surface area contributed by atoms with Crippen molar-refractivity contribution in [1.29, 1.82) is 0 Å². The Kier molecular flexibility index (Phi) is 6.11. The van der Waals surface area contributed by atoms with E-state index in [-0.39, 0.29) is 10.6 Å². The summed E-state index contributed by atoms with van der Waals surface area (Å²) in [5, 5.41) is 11.6. The van der Waals surface area contributed by atoms with Gasteiger partial charge in [-0.25, -0.2) is 8.42 Å². The molecular weight excluding hydrogens is 378 g/mol. The molecule has 0 aliphatic carbocycles. The molecule has 0 atom stereocenters. The number of anilines is 1. The van der Waals surface area contributed by atoms with Gasteiger partial charge < -0.3 is 4.90 Å². The second-order valence-electron chi connectivity index (χ2n) is 6.75. The predicted octanol–water partition coefficient (Wildman–Crippen LogP) is 2.83. The largest absolute Gasteiger partial charge is 0.363 e.